The van der Waals surface area contributed by atoms with Crippen molar-refractivity contribution in [1.29, 1.82) is 0 Å². The highest BCUT2D eigenvalue weighted by molar-refractivity contribution is 5.79. The molecule has 0 aromatic carbocycles. The first-order valence-corrected chi connectivity index (χ1v) is 5.64. The molecule has 0 aliphatic carbocycles. The third-order valence-corrected chi connectivity index (χ3v) is 2.38. The van der Waals surface area contributed by atoms with Gasteiger partial charge < -0.3 is 14.8 Å². The average molecular weight is 230 g/mol. The quantitative estimate of drug-likeness (QED) is 0.265. The molecule has 0 spiro atoms. The molecule has 6 nitrogen and oxygen atoms in total. The summed E-state index contributed by atoms with van der Waals surface area (Å²) in [5, 5.41) is 3.15. The number of nitrogens with two attached hydrogens (primary N) is 1. The van der Waals surface area contributed by atoms with Crippen molar-refractivity contribution in [2.45, 2.75) is 31.8 Å². The number of nitrogens with one attached hydrogen (secondary N) is 2. The summed E-state index contributed by atoms with van der Waals surface area (Å²) in [4.78, 5) is 4.47. The van der Waals surface area contributed by atoms with E-state index < -0.39 is 0 Å². The maximum absolute atomic E-state index is 5.41. The van der Waals surface area contributed by atoms with Gasteiger partial charge in [0.25, 0.3) is 0 Å². The van der Waals surface area contributed by atoms with Gasteiger partial charge in [0.1, 0.15) is 0 Å². The summed E-state index contributed by atoms with van der Waals surface area (Å²) in [7, 11) is 1.67. The van der Waals surface area contributed by atoms with E-state index in [0.29, 0.717) is 19.2 Å². The third kappa shape index (κ3) is 4.78. The molecule has 1 rings (SSSR count). The van der Waals surface area contributed by atoms with Crippen molar-refractivity contribution in [3.05, 3.63) is 0 Å². The third-order valence-electron chi connectivity index (χ3n) is 2.38. The minimum Gasteiger partial charge on any atom is -0.383 e. The Hall–Kier alpha value is -0.850. The van der Waals surface area contributed by atoms with Gasteiger partial charge in [-0.3, -0.25) is 5.43 Å². The zero-order valence-corrected chi connectivity index (χ0v) is 10.0. The fourth-order valence-corrected chi connectivity index (χ4v) is 1.65. The van der Waals surface area contributed by atoms with Gasteiger partial charge in [-0.05, 0) is 19.8 Å². The first kappa shape index (κ1) is 13.2. The zero-order chi connectivity index (χ0) is 11.8. The lowest BCUT2D eigenvalue weighted by molar-refractivity contribution is 0.0826. The summed E-state index contributed by atoms with van der Waals surface area (Å²) in [5.74, 6) is 6.01. The Kier molecular flexibility index (Phi) is 6.14. The van der Waals surface area contributed by atoms with Crippen LogP contribution in [0.15, 0.2) is 4.99 Å². The molecule has 0 radical (unpaired) electrons. The van der Waals surface area contributed by atoms with Crippen molar-refractivity contribution in [3.63, 3.8) is 0 Å². The van der Waals surface area contributed by atoms with Crippen LogP contribution in [-0.2, 0) is 9.47 Å². The van der Waals surface area contributed by atoms with Gasteiger partial charge in [0, 0.05) is 19.8 Å². The van der Waals surface area contributed by atoms with Crippen molar-refractivity contribution in [1.82, 2.24) is 10.7 Å². The Morgan fingerprint density at radius 3 is 3.06 bits per heavy atom. The first-order chi connectivity index (χ1) is 7.76. The highest BCUT2D eigenvalue weighted by Crippen LogP contribution is 2.09. The van der Waals surface area contributed by atoms with Crippen LogP contribution in [0.5, 0.6) is 0 Å². The summed E-state index contributed by atoms with van der Waals surface area (Å²) in [6, 6.07) is 0.367. The van der Waals surface area contributed by atoms with Gasteiger partial charge in [-0.2, -0.15) is 0 Å². The summed E-state index contributed by atoms with van der Waals surface area (Å²) in [5.41, 5.74) is 2.57. The molecule has 0 amide bonds. The molecule has 2 atom stereocenters. The van der Waals surface area contributed by atoms with Crippen molar-refractivity contribution < 1.29 is 9.47 Å². The van der Waals surface area contributed by atoms with Crippen LogP contribution in [0.2, 0.25) is 0 Å². The molecule has 2 unspecified atom stereocenters. The molecule has 94 valence electrons. The van der Waals surface area contributed by atoms with E-state index in [-0.39, 0.29) is 12.1 Å². The molecule has 1 fully saturated rings. The molecule has 6 heteroatoms. The highest BCUT2D eigenvalue weighted by Gasteiger charge is 2.14. The zero-order valence-electron chi connectivity index (χ0n) is 10.0. The minimum absolute atomic E-state index is 0.171. The predicted octanol–water partition coefficient (Wildman–Crippen LogP) is -0.391. The molecule has 16 heavy (non-hydrogen) atoms. The van der Waals surface area contributed by atoms with Gasteiger partial charge in [0.2, 0.25) is 5.96 Å². The second-order valence-corrected chi connectivity index (χ2v) is 3.99. The molecule has 1 heterocycles. The number of hydrogen-bond donors (Lipinski definition) is 3. The second-order valence-electron chi connectivity index (χ2n) is 3.99. The maximum Gasteiger partial charge on any atom is 0.206 e. The van der Waals surface area contributed by atoms with Crippen LogP contribution in [0.1, 0.15) is 19.8 Å². The van der Waals surface area contributed by atoms with E-state index in [2.05, 4.69) is 15.7 Å². The van der Waals surface area contributed by atoms with E-state index in [1.165, 1.54) is 0 Å². The van der Waals surface area contributed by atoms with Gasteiger partial charge in [0.05, 0.1) is 19.3 Å². The summed E-state index contributed by atoms with van der Waals surface area (Å²) >= 11 is 0. The van der Waals surface area contributed by atoms with Crippen LogP contribution < -0.4 is 16.6 Å². The van der Waals surface area contributed by atoms with Gasteiger partial charge in [-0.15, -0.1) is 0 Å². The van der Waals surface area contributed by atoms with Crippen LogP contribution in [0.4, 0.5) is 0 Å². The molecule has 0 saturated carbocycles. The number of aliphatic imine (C=N–C) groups is 1. The molecule has 1 aliphatic rings. The fraction of sp³-hybridized carbons (Fsp3) is 0.900. The number of nitrogens with zero attached hydrogens (tertiary/aromatic N) is 1. The standard InChI is InChI=1S/C10H22N4O2/c1-8(6-15-2)12-10(14-11)13-9-4-3-5-16-7-9/h8-9H,3-7,11H2,1-2H3,(H2,12,13,14). The molecule has 4 N–H and O–H groups in total. The molecule has 0 bridgehead atoms. The van der Waals surface area contributed by atoms with Gasteiger partial charge in [0.15, 0.2) is 0 Å². The molecule has 1 saturated heterocycles. The largest absolute Gasteiger partial charge is 0.383 e. The number of guanidine groups is 1. The lowest BCUT2D eigenvalue weighted by Gasteiger charge is -2.21. The Balaban J connectivity index is 2.41. The van der Waals surface area contributed by atoms with Crippen LogP contribution in [0, 0.1) is 0 Å². The maximum atomic E-state index is 5.41. The Morgan fingerprint density at radius 1 is 1.69 bits per heavy atom. The van der Waals surface area contributed by atoms with Crippen LogP contribution in [0.25, 0.3) is 0 Å². The van der Waals surface area contributed by atoms with Crippen molar-refractivity contribution in [3.8, 4) is 0 Å². The minimum atomic E-state index is 0.171. The summed E-state index contributed by atoms with van der Waals surface area (Å²) in [6.07, 6.45) is 2.10. The smallest absolute Gasteiger partial charge is 0.206 e. The fourth-order valence-electron chi connectivity index (χ4n) is 1.65. The second kappa shape index (κ2) is 7.43. The predicted molar refractivity (Wildman–Crippen MR) is 63.1 cm³/mol. The van der Waals surface area contributed by atoms with Crippen molar-refractivity contribution in [2.24, 2.45) is 10.8 Å². The van der Waals surface area contributed by atoms with Gasteiger partial charge in [-0.25, -0.2) is 10.8 Å². The van der Waals surface area contributed by atoms with E-state index in [4.69, 9.17) is 15.3 Å². The molecule has 0 aromatic heterocycles. The van der Waals surface area contributed by atoms with Gasteiger partial charge >= 0.3 is 0 Å². The van der Waals surface area contributed by atoms with E-state index in [1.54, 1.807) is 7.11 Å². The normalized spacial score (nSPS) is 23.9. The SMILES string of the molecule is COCC(C)NC(=NC1CCCOC1)NN. The van der Waals surface area contributed by atoms with Gasteiger partial charge in [-0.1, -0.05) is 0 Å². The van der Waals surface area contributed by atoms with Crippen molar-refractivity contribution in [2.75, 3.05) is 26.9 Å². The lowest BCUT2D eigenvalue weighted by atomic mass is 10.1. The Bertz CT molecular complexity index is 217. The number of rotatable bonds is 4. The van der Waals surface area contributed by atoms with E-state index in [1.807, 2.05) is 6.92 Å². The van der Waals surface area contributed by atoms with Crippen LogP contribution in [-0.4, -0.2) is 45.0 Å². The van der Waals surface area contributed by atoms with E-state index in [9.17, 15) is 0 Å². The number of ether oxygens (including phenoxy) is 2. The average Bonchev–Trinajstić information content (AvgIpc) is 2.30. The topological polar surface area (TPSA) is 80.9 Å². The number of methoxy groups -OCH3 is 1. The number of hydrogen-bond acceptors (Lipinski definition) is 4. The highest BCUT2D eigenvalue weighted by atomic mass is 16.5. The molecule has 1 aliphatic heterocycles. The Labute approximate surface area is 96.6 Å². The molecular weight excluding hydrogens is 208 g/mol. The number of hydrazine groups is 1. The lowest BCUT2D eigenvalue weighted by Crippen LogP contribution is -2.47. The van der Waals surface area contributed by atoms with E-state index >= 15 is 0 Å². The summed E-state index contributed by atoms with van der Waals surface area (Å²) in [6.45, 7) is 4.13. The van der Waals surface area contributed by atoms with Crippen LogP contribution >= 0.6 is 0 Å². The molecular formula is C10H22N4O2. The van der Waals surface area contributed by atoms with Crippen LogP contribution in [0.3, 0.4) is 0 Å². The molecule has 0 aromatic rings. The van der Waals surface area contributed by atoms with E-state index in [0.717, 1.165) is 19.4 Å². The first-order valence-electron chi connectivity index (χ1n) is 5.64. The van der Waals surface area contributed by atoms with Crippen molar-refractivity contribution >= 4 is 5.96 Å². The Morgan fingerprint density at radius 2 is 2.50 bits per heavy atom. The summed E-state index contributed by atoms with van der Waals surface area (Å²) < 4.78 is 10.4. The monoisotopic (exact) mass is 230 g/mol.